The Labute approximate surface area is 168 Å². The highest BCUT2D eigenvalue weighted by atomic mass is 35.5. The molecule has 3 rings (SSSR count). The highest BCUT2D eigenvalue weighted by Gasteiger charge is 2.29. The number of nitrogens with one attached hydrogen (secondary N) is 2. The summed E-state index contributed by atoms with van der Waals surface area (Å²) in [5, 5.41) is 5.41. The molecule has 1 fully saturated rings. The van der Waals surface area contributed by atoms with Crippen LogP contribution in [0.15, 0.2) is 47.4 Å². The Morgan fingerprint density at radius 3 is 2.29 bits per heavy atom. The van der Waals surface area contributed by atoms with Crippen molar-refractivity contribution in [3.05, 3.63) is 53.1 Å². The smallest absolute Gasteiger partial charge is 0.255 e. The molecule has 0 bridgehead atoms. The third kappa shape index (κ3) is 4.52. The van der Waals surface area contributed by atoms with Crippen LogP contribution >= 0.6 is 11.6 Å². The summed E-state index contributed by atoms with van der Waals surface area (Å²) in [6.45, 7) is 2.29. The lowest BCUT2D eigenvalue weighted by atomic mass is 10.2. The zero-order valence-electron chi connectivity index (χ0n) is 15.2. The van der Waals surface area contributed by atoms with Crippen LogP contribution in [0, 0.1) is 0 Å². The van der Waals surface area contributed by atoms with Gasteiger partial charge in [-0.2, -0.15) is 4.31 Å². The Bertz CT molecular complexity index is 1020. The molecule has 0 aliphatic carbocycles. The Kier molecular flexibility index (Phi) is 6.02. The number of sulfonamides is 1. The first-order valence-electron chi connectivity index (χ1n) is 8.76. The Morgan fingerprint density at radius 2 is 1.64 bits per heavy atom. The van der Waals surface area contributed by atoms with E-state index in [4.69, 9.17) is 11.6 Å². The van der Waals surface area contributed by atoms with Crippen molar-refractivity contribution in [2.24, 2.45) is 0 Å². The SMILES string of the molecule is CC(=O)Nc1cccc(NC(=O)c2ccc(Cl)c(S(=O)(=O)N3CCCC3)c2)c1. The van der Waals surface area contributed by atoms with Gasteiger partial charge in [0.25, 0.3) is 5.91 Å². The van der Waals surface area contributed by atoms with Gasteiger partial charge in [0.1, 0.15) is 4.90 Å². The summed E-state index contributed by atoms with van der Waals surface area (Å²) in [6.07, 6.45) is 1.61. The van der Waals surface area contributed by atoms with Crippen LogP contribution in [0.4, 0.5) is 11.4 Å². The van der Waals surface area contributed by atoms with E-state index in [9.17, 15) is 18.0 Å². The minimum Gasteiger partial charge on any atom is -0.326 e. The fourth-order valence-corrected chi connectivity index (χ4v) is 5.01. The van der Waals surface area contributed by atoms with Gasteiger partial charge in [0.15, 0.2) is 0 Å². The molecule has 0 atom stereocenters. The first-order valence-corrected chi connectivity index (χ1v) is 10.6. The van der Waals surface area contributed by atoms with Crippen LogP contribution in [0.25, 0.3) is 0 Å². The van der Waals surface area contributed by atoms with E-state index in [0.717, 1.165) is 12.8 Å². The van der Waals surface area contributed by atoms with E-state index in [-0.39, 0.29) is 21.4 Å². The standard InChI is InChI=1S/C19H20ClN3O4S/c1-13(24)21-15-5-4-6-16(12-15)22-19(25)14-7-8-17(20)18(11-14)28(26,27)23-9-2-3-10-23/h4-8,11-12H,2-3,9-10H2,1H3,(H,21,24)(H,22,25). The van der Waals surface area contributed by atoms with Gasteiger partial charge in [-0.05, 0) is 49.2 Å². The lowest BCUT2D eigenvalue weighted by Crippen LogP contribution is -2.28. The molecule has 0 spiro atoms. The molecule has 9 heteroatoms. The maximum atomic E-state index is 12.8. The van der Waals surface area contributed by atoms with E-state index < -0.39 is 15.9 Å². The number of anilines is 2. The van der Waals surface area contributed by atoms with E-state index in [0.29, 0.717) is 24.5 Å². The monoisotopic (exact) mass is 421 g/mol. The summed E-state index contributed by atoms with van der Waals surface area (Å²) in [7, 11) is -3.74. The van der Waals surface area contributed by atoms with Gasteiger partial charge in [-0.3, -0.25) is 9.59 Å². The van der Waals surface area contributed by atoms with Crippen molar-refractivity contribution in [3.63, 3.8) is 0 Å². The third-order valence-corrected chi connectivity index (χ3v) is 6.70. The molecule has 2 N–H and O–H groups in total. The average molecular weight is 422 g/mol. The highest BCUT2D eigenvalue weighted by molar-refractivity contribution is 7.89. The lowest BCUT2D eigenvalue weighted by molar-refractivity contribution is -0.114. The number of carbonyl (C=O) groups is 2. The van der Waals surface area contributed by atoms with Crippen molar-refractivity contribution in [2.75, 3.05) is 23.7 Å². The first-order chi connectivity index (χ1) is 13.3. The van der Waals surface area contributed by atoms with Crippen molar-refractivity contribution in [1.82, 2.24) is 4.31 Å². The Morgan fingerprint density at radius 1 is 1.00 bits per heavy atom. The van der Waals surface area contributed by atoms with Gasteiger partial charge in [0, 0.05) is 37.0 Å². The number of nitrogens with zero attached hydrogens (tertiary/aromatic N) is 1. The van der Waals surface area contributed by atoms with Crippen LogP contribution in [-0.4, -0.2) is 37.6 Å². The molecule has 0 aromatic heterocycles. The number of halogens is 1. The second-order valence-corrected chi connectivity index (χ2v) is 8.79. The third-order valence-electron chi connectivity index (χ3n) is 4.32. The topological polar surface area (TPSA) is 95.6 Å². The zero-order valence-corrected chi connectivity index (χ0v) is 16.8. The maximum Gasteiger partial charge on any atom is 0.255 e. The normalized spacial score (nSPS) is 14.6. The summed E-state index contributed by atoms with van der Waals surface area (Å²) in [5.74, 6) is -0.701. The second-order valence-electron chi connectivity index (χ2n) is 6.47. The number of amides is 2. The van der Waals surface area contributed by atoms with Crippen LogP contribution < -0.4 is 10.6 Å². The number of hydrogen-bond acceptors (Lipinski definition) is 4. The number of carbonyl (C=O) groups excluding carboxylic acids is 2. The molecule has 0 radical (unpaired) electrons. The summed E-state index contributed by atoms with van der Waals surface area (Å²) < 4.78 is 27.0. The minimum absolute atomic E-state index is 0.0734. The molecule has 2 aromatic rings. The van der Waals surface area contributed by atoms with Crippen molar-refractivity contribution in [3.8, 4) is 0 Å². The summed E-state index contributed by atoms with van der Waals surface area (Å²) in [4.78, 5) is 23.7. The summed E-state index contributed by atoms with van der Waals surface area (Å²) in [5.41, 5.74) is 1.18. The van der Waals surface area contributed by atoms with Gasteiger partial charge in [-0.1, -0.05) is 17.7 Å². The zero-order chi connectivity index (χ0) is 20.3. The van der Waals surface area contributed by atoms with Crippen LogP contribution in [-0.2, 0) is 14.8 Å². The molecule has 2 amide bonds. The average Bonchev–Trinajstić information content (AvgIpc) is 3.17. The van der Waals surface area contributed by atoms with E-state index in [2.05, 4.69) is 10.6 Å². The quantitative estimate of drug-likeness (QED) is 0.773. The predicted octanol–water partition coefficient (Wildman–Crippen LogP) is 3.34. The summed E-state index contributed by atoms with van der Waals surface area (Å²) in [6, 6.07) is 10.8. The fraction of sp³-hybridized carbons (Fsp3) is 0.263. The molecule has 28 heavy (non-hydrogen) atoms. The van der Waals surface area contributed by atoms with E-state index in [1.54, 1.807) is 24.3 Å². The predicted molar refractivity (Wildman–Crippen MR) is 108 cm³/mol. The van der Waals surface area contributed by atoms with Crippen molar-refractivity contribution < 1.29 is 18.0 Å². The molecule has 0 saturated carbocycles. The molecular formula is C19H20ClN3O4S. The molecule has 7 nitrogen and oxygen atoms in total. The van der Waals surface area contributed by atoms with Gasteiger partial charge in [0.05, 0.1) is 5.02 Å². The van der Waals surface area contributed by atoms with Crippen LogP contribution in [0.1, 0.15) is 30.1 Å². The van der Waals surface area contributed by atoms with Gasteiger partial charge >= 0.3 is 0 Å². The molecule has 1 saturated heterocycles. The lowest BCUT2D eigenvalue weighted by Gasteiger charge is -2.17. The van der Waals surface area contributed by atoms with Crippen molar-refractivity contribution >= 4 is 44.8 Å². The van der Waals surface area contributed by atoms with Gasteiger partial charge in [-0.15, -0.1) is 0 Å². The molecule has 1 heterocycles. The number of benzene rings is 2. The Hall–Kier alpha value is -2.42. The van der Waals surface area contributed by atoms with E-state index in [1.165, 1.54) is 29.4 Å². The van der Waals surface area contributed by atoms with E-state index >= 15 is 0 Å². The highest BCUT2D eigenvalue weighted by Crippen LogP contribution is 2.28. The largest absolute Gasteiger partial charge is 0.326 e. The van der Waals surface area contributed by atoms with Gasteiger partial charge in [0.2, 0.25) is 15.9 Å². The fourth-order valence-electron chi connectivity index (χ4n) is 2.99. The minimum atomic E-state index is -3.74. The summed E-state index contributed by atoms with van der Waals surface area (Å²) >= 11 is 6.12. The van der Waals surface area contributed by atoms with E-state index in [1.807, 2.05) is 0 Å². The van der Waals surface area contributed by atoms with Crippen molar-refractivity contribution in [1.29, 1.82) is 0 Å². The molecule has 1 aliphatic heterocycles. The van der Waals surface area contributed by atoms with Gasteiger partial charge in [-0.25, -0.2) is 8.42 Å². The molecular weight excluding hydrogens is 402 g/mol. The number of rotatable bonds is 5. The molecule has 1 aliphatic rings. The van der Waals surface area contributed by atoms with Crippen molar-refractivity contribution in [2.45, 2.75) is 24.7 Å². The Balaban J connectivity index is 1.84. The van der Waals surface area contributed by atoms with Gasteiger partial charge < -0.3 is 10.6 Å². The first kappa shape index (κ1) is 20.3. The van der Waals surface area contributed by atoms with Crippen LogP contribution in [0.2, 0.25) is 5.02 Å². The van der Waals surface area contributed by atoms with Crippen LogP contribution in [0.5, 0.6) is 0 Å². The number of hydrogen-bond donors (Lipinski definition) is 2. The molecule has 0 unspecified atom stereocenters. The molecule has 148 valence electrons. The second kappa shape index (κ2) is 8.30. The maximum absolute atomic E-state index is 12.8. The molecule has 2 aromatic carbocycles. The van der Waals surface area contributed by atoms with Crippen LogP contribution in [0.3, 0.4) is 0 Å².